The number of nitrogens with zero attached hydrogens (tertiary/aromatic N) is 1. The summed E-state index contributed by atoms with van der Waals surface area (Å²) in [5.41, 5.74) is 3.16. The third-order valence-corrected chi connectivity index (χ3v) is 4.75. The Morgan fingerprint density at radius 2 is 1.74 bits per heavy atom. The molecule has 146 valence electrons. The van der Waals surface area contributed by atoms with Gasteiger partial charge >= 0.3 is 6.09 Å². The molecular formula is C21H24Cl2FNO2. The maximum Gasteiger partial charge on any atom is 0.414 e. The van der Waals surface area contributed by atoms with Crippen LogP contribution in [0.4, 0.5) is 14.9 Å². The summed E-state index contributed by atoms with van der Waals surface area (Å²) in [5, 5.41) is 0.370. The van der Waals surface area contributed by atoms with Crippen LogP contribution in [0.3, 0.4) is 0 Å². The molecule has 27 heavy (non-hydrogen) atoms. The number of anilines is 1. The Morgan fingerprint density at radius 3 is 2.22 bits per heavy atom. The van der Waals surface area contributed by atoms with Crippen molar-refractivity contribution in [2.45, 2.75) is 46.6 Å². The second-order valence-corrected chi connectivity index (χ2v) is 8.21. The average Bonchev–Trinajstić information content (AvgIpc) is 2.52. The van der Waals surface area contributed by atoms with E-state index in [1.54, 1.807) is 7.05 Å². The van der Waals surface area contributed by atoms with E-state index in [-0.39, 0.29) is 10.0 Å². The Kier molecular flexibility index (Phi) is 6.43. The second-order valence-electron chi connectivity index (χ2n) is 7.39. The zero-order valence-electron chi connectivity index (χ0n) is 16.4. The molecule has 0 unspecified atom stereocenters. The van der Waals surface area contributed by atoms with E-state index >= 15 is 0 Å². The molecule has 3 nitrogen and oxygen atoms in total. The van der Waals surface area contributed by atoms with Crippen LogP contribution in [0.15, 0.2) is 24.3 Å². The zero-order valence-corrected chi connectivity index (χ0v) is 17.9. The van der Waals surface area contributed by atoms with Crippen LogP contribution in [0.2, 0.25) is 10.0 Å². The molecule has 0 radical (unpaired) electrons. The number of aryl methyl sites for hydroxylation is 1. The summed E-state index contributed by atoms with van der Waals surface area (Å²) in [7, 11) is 1.65. The third kappa shape index (κ3) is 4.74. The summed E-state index contributed by atoms with van der Waals surface area (Å²) < 4.78 is 19.2. The minimum absolute atomic E-state index is 0.185. The molecule has 0 saturated carbocycles. The van der Waals surface area contributed by atoms with Gasteiger partial charge in [0.05, 0.1) is 15.7 Å². The fraction of sp³-hybridized carbons (Fsp3) is 0.381. The van der Waals surface area contributed by atoms with E-state index in [4.69, 9.17) is 27.9 Å². The first kappa shape index (κ1) is 21.5. The first-order chi connectivity index (χ1) is 12.5. The standard InChI is InChI=1S/C21H24Cl2FNO2/c1-7-14-12(2)8-9-15(18-16(22)10-13(24)11-17(18)23)19(14)25(6)20(26)27-21(3,4)5/h8-11H,7H2,1-6H3. The van der Waals surface area contributed by atoms with Crippen LogP contribution in [-0.4, -0.2) is 18.7 Å². The molecule has 0 spiro atoms. The number of rotatable bonds is 3. The molecule has 0 saturated heterocycles. The molecular weight excluding hydrogens is 388 g/mol. The van der Waals surface area contributed by atoms with Gasteiger partial charge in [-0.25, -0.2) is 9.18 Å². The summed E-state index contributed by atoms with van der Waals surface area (Å²) in [4.78, 5) is 14.2. The molecule has 0 aliphatic heterocycles. The van der Waals surface area contributed by atoms with Crippen LogP contribution in [0.25, 0.3) is 11.1 Å². The lowest BCUT2D eigenvalue weighted by Gasteiger charge is -2.28. The van der Waals surface area contributed by atoms with Gasteiger partial charge in [0, 0.05) is 18.2 Å². The highest BCUT2D eigenvalue weighted by molar-refractivity contribution is 6.39. The second kappa shape index (κ2) is 8.07. The molecule has 6 heteroatoms. The minimum atomic E-state index is -0.632. The van der Waals surface area contributed by atoms with E-state index in [9.17, 15) is 9.18 Å². The topological polar surface area (TPSA) is 29.5 Å². The molecule has 0 bridgehead atoms. The number of ether oxygens (including phenoxy) is 1. The van der Waals surface area contributed by atoms with Crippen molar-refractivity contribution in [1.29, 1.82) is 0 Å². The van der Waals surface area contributed by atoms with Crippen molar-refractivity contribution in [3.63, 3.8) is 0 Å². The van der Waals surface area contributed by atoms with E-state index in [1.165, 1.54) is 17.0 Å². The first-order valence-electron chi connectivity index (χ1n) is 8.70. The van der Waals surface area contributed by atoms with Crippen molar-refractivity contribution in [3.8, 4) is 11.1 Å². The lowest BCUT2D eigenvalue weighted by molar-refractivity contribution is 0.0589. The molecule has 0 fully saturated rings. The molecule has 0 aliphatic rings. The van der Waals surface area contributed by atoms with E-state index in [2.05, 4.69) is 0 Å². The van der Waals surface area contributed by atoms with Crippen molar-refractivity contribution in [3.05, 3.63) is 51.3 Å². The highest BCUT2D eigenvalue weighted by Crippen LogP contribution is 2.43. The molecule has 0 aliphatic carbocycles. The number of hydrogen-bond acceptors (Lipinski definition) is 2. The van der Waals surface area contributed by atoms with Gasteiger partial charge in [-0.3, -0.25) is 4.90 Å². The van der Waals surface area contributed by atoms with Crippen LogP contribution in [0.1, 0.15) is 38.8 Å². The summed E-state index contributed by atoms with van der Waals surface area (Å²) in [6.07, 6.45) is 0.205. The largest absolute Gasteiger partial charge is 0.443 e. The Hall–Kier alpha value is -1.78. The quantitative estimate of drug-likeness (QED) is 0.541. The van der Waals surface area contributed by atoms with Crippen molar-refractivity contribution < 1.29 is 13.9 Å². The van der Waals surface area contributed by atoms with Crippen LogP contribution < -0.4 is 4.90 Å². The summed E-state index contributed by atoms with van der Waals surface area (Å²) >= 11 is 12.6. The van der Waals surface area contributed by atoms with Gasteiger partial charge in [-0.2, -0.15) is 0 Å². The number of halogens is 3. The maximum absolute atomic E-state index is 13.7. The number of amides is 1. The number of carbonyl (C=O) groups excluding carboxylic acids is 1. The van der Waals surface area contributed by atoms with Crippen LogP contribution in [0, 0.1) is 12.7 Å². The number of hydrogen-bond donors (Lipinski definition) is 0. The van der Waals surface area contributed by atoms with Gasteiger partial charge in [-0.1, -0.05) is 42.3 Å². The van der Waals surface area contributed by atoms with Crippen molar-refractivity contribution in [1.82, 2.24) is 0 Å². The lowest BCUT2D eigenvalue weighted by atomic mass is 9.94. The SMILES string of the molecule is CCc1c(C)ccc(-c2c(Cl)cc(F)cc2Cl)c1N(C)C(=O)OC(C)(C)C. The smallest absolute Gasteiger partial charge is 0.414 e. The highest BCUT2D eigenvalue weighted by atomic mass is 35.5. The lowest BCUT2D eigenvalue weighted by Crippen LogP contribution is -2.35. The summed E-state index contributed by atoms with van der Waals surface area (Å²) in [6, 6.07) is 6.21. The van der Waals surface area contributed by atoms with Gasteiger partial charge < -0.3 is 4.74 Å². The predicted molar refractivity (Wildman–Crippen MR) is 111 cm³/mol. The molecule has 2 rings (SSSR count). The molecule has 2 aromatic carbocycles. The molecule has 0 heterocycles. The van der Waals surface area contributed by atoms with E-state index < -0.39 is 17.5 Å². The first-order valence-corrected chi connectivity index (χ1v) is 9.46. The van der Waals surface area contributed by atoms with Gasteiger partial charge in [0.15, 0.2) is 0 Å². The summed E-state index contributed by atoms with van der Waals surface area (Å²) in [6.45, 7) is 9.41. The average molecular weight is 412 g/mol. The molecule has 1 amide bonds. The molecule has 0 N–H and O–H groups in total. The Balaban J connectivity index is 2.73. The number of benzene rings is 2. The third-order valence-electron chi connectivity index (χ3n) is 4.15. The van der Waals surface area contributed by atoms with Crippen molar-refractivity contribution >= 4 is 35.0 Å². The Morgan fingerprint density at radius 1 is 1.19 bits per heavy atom. The normalized spacial score (nSPS) is 11.4. The van der Waals surface area contributed by atoms with Gasteiger partial charge in [0.1, 0.15) is 11.4 Å². The van der Waals surface area contributed by atoms with Crippen molar-refractivity contribution in [2.75, 3.05) is 11.9 Å². The predicted octanol–water partition coefficient (Wildman–Crippen LogP) is 7.04. The maximum atomic E-state index is 13.7. The van der Waals surface area contributed by atoms with E-state index in [0.717, 1.165) is 11.1 Å². The fourth-order valence-corrected chi connectivity index (χ4v) is 3.65. The van der Waals surface area contributed by atoms with Crippen molar-refractivity contribution in [2.24, 2.45) is 0 Å². The molecule has 0 atom stereocenters. The number of carbonyl (C=O) groups is 1. The zero-order chi connectivity index (χ0) is 20.5. The minimum Gasteiger partial charge on any atom is -0.443 e. The van der Waals surface area contributed by atoms with Gasteiger partial charge in [-0.05, 0) is 57.4 Å². The summed E-state index contributed by atoms with van der Waals surface area (Å²) in [5.74, 6) is -0.515. The van der Waals surface area contributed by atoms with Crippen LogP contribution in [-0.2, 0) is 11.2 Å². The highest BCUT2D eigenvalue weighted by Gasteiger charge is 2.26. The van der Waals surface area contributed by atoms with Gasteiger partial charge in [-0.15, -0.1) is 0 Å². The van der Waals surface area contributed by atoms with E-state index in [1.807, 2.05) is 46.8 Å². The fourth-order valence-electron chi connectivity index (χ4n) is 2.99. The van der Waals surface area contributed by atoms with Gasteiger partial charge in [0.25, 0.3) is 0 Å². The molecule has 2 aromatic rings. The monoisotopic (exact) mass is 411 g/mol. The van der Waals surface area contributed by atoms with Crippen LogP contribution >= 0.6 is 23.2 Å². The van der Waals surface area contributed by atoms with E-state index in [0.29, 0.717) is 23.2 Å². The van der Waals surface area contributed by atoms with Crippen LogP contribution in [0.5, 0.6) is 0 Å². The van der Waals surface area contributed by atoms with Gasteiger partial charge in [0.2, 0.25) is 0 Å². The Bertz CT molecular complexity index is 852. The molecule has 0 aromatic heterocycles. The Labute approximate surface area is 170 Å².